The summed E-state index contributed by atoms with van der Waals surface area (Å²) in [4.78, 5) is 0. The van der Waals surface area contributed by atoms with Crippen molar-refractivity contribution in [3.05, 3.63) is 35.4 Å². The van der Waals surface area contributed by atoms with Crippen molar-refractivity contribution < 1.29 is 9.47 Å². The van der Waals surface area contributed by atoms with Crippen LogP contribution in [0.4, 0.5) is 0 Å². The van der Waals surface area contributed by atoms with E-state index in [1.807, 2.05) is 18.2 Å². The number of hydrogen-bond acceptors (Lipinski definition) is 3. The zero-order valence-electron chi connectivity index (χ0n) is 8.25. The summed E-state index contributed by atoms with van der Waals surface area (Å²) in [5, 5.41) is 3.77. The van der Waals surface area contributed by atoms with Gasteiger partial charge >= 0.3 is 0 Å². The van der Waals surface area contributed by atoms with Crippen LogP contribution in [0.1, 0.15) is 5.56 Å². The summed E-state index contributed by atoms with van der Waals surface area (Å²) in [6, 6.07) is 5.87. The van der Waals surface area contributed by atoms with Crippen LogP contribution in [-0.4, -0.2) is 13.3 Å². The Balaban J connectivity index is 1.95. The Kier molecular flexibility index (Phi) is 3.14. The Morgan fingerprint density at radius 3 is 3.00 bits per heavy atom. The van der Waals surface area contributed by atoms with Crippen LogP contribution in [0, 0.1) is 0 Å². The maximum absolute atomic E-state index is 5.64. The predicted octanol–water partition coefficient (Wildman–Crippen LogP) is 2.26. The Bertz CT molecular complexity index is 379. The van der Waals surface area contributed by atoms with Gasteiger partial charge < -0.3 is 14.8 Å². The van der Waals surface area contributed by atoms with Gasteiger partial charge in [-0.2, -0.15) is 0 Å². The molecule has 0 aliphatic carbocycles. The second kappa shape index (κ2) is 4.55. The Morgan fingerprint density at radius 1 is 1.40 bits per heavy atom. The molecule has 0 saturated carbocycles. The van der Waals surface area contributed by atoms with Crippen molar-refractivity contribution in [2.75, 3.05) is 13.3 Å². The fraction of sp³-hybridized carbons (Fsp3) is 0.273. The minimum Gasteiger partial charge on any atom is -0.454 e. The zero-order chi connectivity index (χ0) is 10.7. The molecule has 1 aliphatic rings. The molecule has 80 valence electrons. The van der Waals surface area contributed by atoms with Gasteiger partial charge in [0.05, 0.1) is 0 Å². The van der Waals surface area contributed by atoms with Crippen molar-refractivity contribution in [2.45, 2.75) is 6.54 Å². The van der Waals surface area contributed by atoms with Crippen LogP contribution in [0.5, 0.6) is 11.5 Å². The molecule has 4 heteroatoms. The first-order valence-corrected chi connectivity index (χ1v) is 5.06. The SMILES string of the molecule is C=C(Cl)CNCc1ccc2c(c1)OCO2. The first kappa shape index (κ1) is 10.3. The van der Waals surface area contributed by atoms with Crippen LogP contribution >= 0.6 is 11.6 Å². The van der Waals surface area contributed by atoms with E-state index in [0.29, 0.717) is 18.4 Å². The second-order valence-corrected chi connectivity index (χ2v) is 3.84. The molecule has 2 rings (SSSR count). The summed E-state index contributed by atoms with van der Waals surface area (Å²) in [6.07, 6.45) is 0. The van der Waals surface area contributed by atoms with Crippen molar-refractivity contribution in [1.82, 2.24) is 5.32 Å². The summed E-state index contributed by atoms with van der Waals surface area (Å²) in [6.45, 7) is 5.26. The lowest BCUT2D eigenvalue weighted by Crippen LogP contribution is -2.14. The van der Waals surface area contributed by atoms with E-state index in [2.05, 4.69) is 11.9 Å². The predicted molar refractivity (Wildman–Crippen MR) is 59.3 cm³/mol. The average molecular weight is 226 g/mol. The van der Waals surface area contributed by atoms with Gasteiger partial charge in [-0.25, -0.2) is 0 Å². The van der Waals surface area contributed by atoms with E-state index in [-0.39, 0.29) is 0 Å². The highest BCUT2D eigenvalue weighted by Gasteiger charge is 2.12. The number of fused-ring (bicyclic) bond motifs is 1. The van der Waals surface area contributed by atoms with Crippen molar-refractivity contribution >= 4 is 11.6 Å². The second-order valence-electron chi connectivity index (χ2n) is 3.31. The fourth-order valence-electron chi connectivity index (χ4n) is 1.39. The average Bonchev–Trinajstić information content (AvgIpc) is 2.64. The summed E-state index contributed by atoms with van der Waals surface area (Å²) >= 11 is 5.64. The number of ether oxygens (including phenoxy) is 2. The van der Waals surface area contributed by atoms with E-state index in [9.17, 15) is 0 Å². The van der Waals surface area contributed by atoms with E-state index in [4.69, 9.17) is 21.1 Å². The molecule has 0 radical (unpaired) electrons. The van der Waals surface area contributed by atoms with Crippen LogP contribution in [0.3, 0.4) is 0 Å². The molecular weight excluding hydrogens is 214 g/mol. The van der Waals surface area contributed by atoms with Crippen LogP contribution in [0.2, 0.25) is 0 Å². The Morgan fingerprint density at radius 2 is 2.20 bits per heavy atom. The molecule has 1 aliphatic heterocycles. The van der Waals surface area contributed by atoms with Crippen LogP contribution in [0.25, 0.3) is 0 Å². The highest BCUT2D eigenvalue weighted by Crippen LogP contribution is 2.32. The molecule has 1 N–H and O–H groups in total. The zero-order valence-corrected chi connectivity index (χ0v) is 9.01. The fourth-order valence-corrected chi connectivity index (χ4v) is 1.49. The lowest BCUT2D eigenvalue weighted by molar-refractivity contribution is 0.174. The van der Waals surface area contributed by atoms with E-state index in [1.54, 1.807) is 0 Å². The van der Waals surface area contributed by atoms with Gasteiger partial charge in [0.15, 0.2) is 11.5 Å². The van der Waals surface area contributed by atoms with Crippen LogP contribution in [0.15, 0.2) is 29.8 Å². The lowest BCUT2D eigenvalue weighted by atomic mass is 10.2. The first-order chi connectivity index (χ1) is 7.25. The van der Waals surface area contributed by atoms with Crippen molar-refractivity contribution in [3.8, 4) is 11.5 Å². The highest BCUT2D eigenvalue weighted by molar-refractivity contribution is 6.29. The summed E-state index contributed by atoms with van der Waals surface area (Å²) in [5.41, 5.74) is 1.14. The topological polar surface area (TPSA) is 30.5 Å². The minimum atomic E-state index is 0.310. The third-order valence-corrected chi connectivity index (χ3v) is 2.22. The third kappa shape index (κ3) is 2.64. The van der Waals surface area contributed by atoms with E-state index < -0.39 is 0 Å². The molecule has 1 aromatic rings. The van der Waals surface area contributed by atoms with Gasteiger partial charge in [-0.3, -0.25) is 0 Å². The maximum atomic E-state index is 5.64. The number of nitrogens with one attached hydrogen (secondary N) is 1. The van der Waals surface area contributed by atoms with Crippen molar-refractivity contribution in [3.63, 3.8) is 0 Å². The molecule has 3 nitrogen and oxygen atoms in total. The van der Waals surface area contributed by atoms with Crippen molar-refractivity contribution in [1.29, 1.82) is 0 Å². The lowest BCUT2D eigenvalue weighted by Gasteiger charge is -2.04. The van der Waals surface area contributed by atoms with Gasteiger partial charge in [-0.05, 0) is 17.7 Å². The molecule has 0 atom stereocenters. The number of halogens is 1. The molecule has 1 aromatic carbocycles. The molecule has 0 fully saturated rings. The van der Waals surface area contributed by atoms with Gasteiger partial charge in [-0.15, -0.1) is 0 Å². The number of hydrogen-bond donors (Lipinski definition) is 1. The molecule has 0 amide bonds. The van der Waals surface area contributed by atoms with Gasteiger partial charge in [0.25, 0.3) is 0 Å². The molecule has 0 aromatic heterocycles. The third-order valence-electron chi connectivity index (χ3n) is 2.08. The minimum absolute atomic E-state index is 0.310. The van der Waals surface area contributed by atoms with Gasteiger partial charge in [-0.1, -0.05) is 24.2 Å². The quantitative estimate of drug-likeness (QED) is 0.853. The summed E-state index contributed by atoms with van der Waals surface area (Å²) in [7, 11) is 0. The normalized spacial score (nSPS) is 12.9. The molecule has 1 heterocycles. The molecule has 0 spiro atoms. The van der Waals surface area contributed by atoms with Crippen LogP contribution in [-0.2, 0) is 6.54 Å². The van der Waals surface area contributed by atoms with E-state index >= 15 is 0 Å². The molecular formula is C11H12ClNO2. The smallest absolute Gasteiger partial charge is 0.231 e. The number of rotatable bonds is 4. The first-order valence-electron chi connectivity index (χ1n) is 4.68. The van der Waals surface area contributed by atoms with E-state index in [0.717, 1.165) is 23.6 Å². The molecule has 0 saturated heterocycles. The van der Waals surface area contributed by atoms with Crippen LogP contribution < -0.4 is 14.8 Å². The molecule has 15 heavy (non-hydrogen) atoms. The van der Waals surface area contributed by atoms with Gasteiger partial charge in [0, 0.05) is 18.1 Å². The molecule has 0 unspecified atom stereocenters. The highest BCUT2D eigenvalue weighted by atomic mass is 35.5. The largest absolute Gasteiger partial charge is 0.454 e. The standard InChI is InChI=1S/C11H12ClNO2/c1-8(12)5-13-6-9-2-3-10-11(4-9)15-7-14-10/h2-4,13H,1,5-7H2. The van der Waals surface area contributed by atoms with Crippen molar-refractivity contribution in [2.24, 2.45) is 0 Å². The summed E-state index contributed by atoms with van der Waals surface area (Å²) in [5.74, 6) is 1.61. The maximum Gasteiger partial charge on any atom is 0.231 e. The Labute approximate surface area is 93.6 Å². The Hall–Kier alpha value is -1.19. The molecule has 0 bridgehead atoms. The summed E-state index contributed by atoms with van der Waals surface area (Å²) < 4.78 is 10.5. The van der Waals surface area contributed by atoms with Gasteiger partial charge in [0.1, 0.15) is 0 Å². The van der Waals surface area contributed by atoms with Gasteiger partial charge in [0.2, 0.25) is 6.79 Å². The van der Waals surface area contributed by atoms with E-state index in [1.165, 1.54) is 0 Å². The monoisotopic (exact) mass is 225 g/mol. The number of benzene rings is 1.